The van der Waals surface area contributed by atoms with Gasteiger partial charge in [-0.2, -0.15) is 0 Å². The maximum absolute atomic E-state index is 15.2. The van der Waals surface area contributed by atoms with Gasteiger partial charge >= 0.3 is 11.9 Å². The zero-order valence-electron chi connectivity index (χ0n) is 50.8. The van der Waals surface area contributed by atoms with Gasteiger partial charge in [0.1, 0.15) is 116 Å². The molecule has 27 nitrogen and oxygen atoms in total. The quantitative estimate of drug-likeness (QED) is 0.0491. The lowest BCUT2D eigenvalue weighted by atomic mass is 9.34. The Hall–Kier alpha value is -2.24. The summed E-state index contributed by atoms with van der Waals surface area (Å²) in [5.41, 5.74) is -1.07. The van der Waals surface area contributed by atoms with Gasteiger partial charge in [0.15, 0.2) is 25.2 Å². The van der Waals surface area contributed by atoms with E-state index in [0.29, 0.717) is 32.1 Å². The second-order valence-electron chi connectivity index (χ2n) is 28.3. The first-order chi connectivity index (χ1) is 40.8. The molecular weight excluding hydrogens is 1150 g/mol. The Morgan fingerprint density at radius 3 is 1.86 bits per heavy atom. The SMILES string of the molecule is CC(=O)OC[C@H]1O[C@@H](OC[C@H]2O[C@@H](OC(=O)[C@]34CC[C@@H](C)C[C@H]3C3=CC[C@@H]5[C@@]6(C)CC[C@H](O[C@@H]7OC[C@H](O)[C@H](O)[C@H]7O[C@@H]7O[C@H](CO)[C@@H](O)[C@H](O)[C@H]7O)C(C)(C)[C@@H]6CC[C@@]5(C)[C@]3(C)CC4)[C@H](O)[C@@H](O)[C@@H]2O)[C@H](O)[C@@H](O)[C@@H]1O[C@@H]1O[C@@H](C)[C@H](O)[C@@H](O)[C@H]1O. The van der Waals surface area contributed by atoms with E-state index < -0.39 is 196 Å². The molecule has 5 saturated heterocycles. The highest BCUT2D eigenvalue weighted by Gasteiger charge is 2.70. The van der Waals surface area contributed by atoms with Crippen LogP contribution in [0.2, 0.25) is 0 Å². The molecule has 4 saturated carbocycles. The van der Waals surface area contributed by atoms with Crippen LogP contribution in [0, 0.1) is 50.7 Å². The van der Waals surface area contributed by atoms with Gasteiger partial charge in [-0.05, 0) is 116 Å². The van der Waals surface area contributed by atoms with Crippen molar-refractivity contribution in [1.82, 2.24) is 0 Å². The van der Waals surface area contributed by atoms with Crippen LogP contribution in [0.25, 0.3) is 0 Å². The number of aliphatic hydroxyl groups is 14. The Morgan fingerprint density at radius 2 is 1.18 bits per heavy atom. The zero-order valence-corrected chi connectivity index (χ0v) is 50.8. The summed E-state index contributed by atoms with van der Waals surface area (Å²) in [6.07, 6.45) is -29.9. The van der Waals surface area contributed by atoms with Crippen molar-refractivity contribution in [2.45, 2.75) is 273 Å². The topological polar surface area (TPSA) is 419 Å². The summed E-state index contributed by atoms with van der Waals surface area (Å²) < 4.78 is 64.9. The number of allylic oxidation sites excluding steroid dienone is 2. The fraction of sp³-hybridized carbons (Fsp3) is 0.933. The normalized spacial score (nSPS) is 53.3. The van der Waals surface area contributed by atoms with E-state index in [1.165, 1.54) is 12.5 Å². The average molecular weight is 1250 g/mol. The first-order valence-electron chi connectivity index (χ1n) is 31.2. The standard InChI is InChI=1S/C60H96O27/c1-24-11-16-60(55(76)87-53-46(74)42(70)39(67)31(82-53)22-79-50-47(75)43(71)48(32(83-50)23-77-26(3)62)85-51-44(72)40(68)36(64)25(2)80-51)18-17-58(7)27(28(60)19-24)9-10-34-57(6)14-13-35(56(4,5)33(57)12-15-59(34,58)8)84-54-49(37(65)29(63)21-78-54)86-52-45(73)41(69)38(66)30(20-61)81-52/h9,24-25,28-54,61,63-75H,10-23H2,1-8H3/t24-,25+,28+,29+,30-,31-,32-,33+,34-,35+,36+,37+,38-,39-,40-,41+,42+,43-,44-,45-,46-,47-,48-,49-,50-,51+,52+,53+,54+,57+,58-,59-,60+/m1/s1. The van der Waals surface area contributed by atoms with Crippen molar-refractivity contribution in [2.75, 3.05) is 26.4 Å². The van der Waals surface area contributed by atoms with E-state index in [9.17, 15) is 76.3 Å². The first kappa shape index (κ1) is 67.6. The molecule has 10 aliphatic rings. The van der Waals surface area contributed by atoms with E-state index in [-0.39, 0.29) is 46.5 Å². The number of carbonyl (C=O) groups excluding carboxylic acids is 2. The third-order valence-electron chi connectivity index (χ3n) is 23.1. The molecular formula is C60H96O27. The molecule has 5 heterocycles. The lowest BCUT2D eigenvalue weighted by Crippen LogP contribution is -2.66. The zero-order chi connectivity index (χ0) is 63.4. The van der Waals surface area contributed by atoms with Crippen LogP contribution < -0.4 is 0 Å². The maximum Gasteiger partial charge on any atom is 0.315 e. The molecule has 0 amide bonds. The summed E-state index contributed by atoms with van der Waals surface area (Å²) in [5.74, 6) is -0.997. The summed E-state index contributed by atoms with van der Waals surface area (Å²) in [7, 11) is 0. The van der Waals surface area contributed by atoms with E-state index in [1.54, 1.807) is 0 Å². The molecule has 0 aromatic heterocycles. The van der Waals surface area contributed by atoms with Crippen LogP contribution in [-0.2, 0) is 61.7 Å². The van der Waals surface area contributed by atoms with Crippen LogP contribution in [-0.4, -0.2) is 263 Å². The predicted octanol–water partition coefficient (Wildman–Crippen LogP) is -2.36. The Morgan fingerprint density at radius 1 is 0.575 bits per heavy atom. The van der Waals surface area contributed by atoms with E-state index >= 15 is 4.79 Å². The lowest BCUT2D eigenvalue weighted by molar-refractivity contribution is -0.367. The molecule has 33 atom stereocenters. The maximum atomic E-state index is 15.2. The van der Waals surface area contributed by atoms with E-state index in [2.05, 4.69) is 47.6 Å². The Labute approximate surface area is 505 Å². The van der Waals surface area contributed by atoms with Crippen molar-refractivity contribution in [2.24, 2.45) is 50.7 Å². The molecule has 498 valence electrons. The summed E-state index contributed by atoms with van der Waals surface area (Å²) >= 11 is 0. The minimum absolute atomic E-state index is 0.139. The van der Waals surface area contributed by atoms with Crippen molar-refractivity contribution in [1.29, 1.82) is 0 Å². The molecule has 9 fully saturated rings. The second-order valence-corrected chi connectivity index (χ2v) is 28.3. The molecule has 0 bridgehead atoms. The van der Waals surface area contributed by atoms with Crippen molar-refractivity contribution in [3.8, 4) is 0 Å². The second kappa shape index (κ2) is 25.6. The Balaban J connectivity index is 0.820. The van der Waals surface area contributed by atoms with Crippen LogP contribution in [0.5, 0.6) is 0 Å². The summed E-state index contributed by atoms with van der Waals surface area (Å²) in [4.78, 5) is 27.1. The van der Waals surface area contributed by atoms with E-state index in [4.69, 9.17) is 52.1 Å². The molecule has 0 spiro atoms. The molecule has 0 aromatic carbocycles. The summed E-state index contributed by atoms with van der Waals surface area (Å²) in [5, 5.41) is 151. The molecule has 5 aliphatic heterocycles. The molecule has 27 heteroatoms. The van der Waals surface area contributed by atoms with E-state index in [1.807, 2.05) is 0 Å². The number of aliphatic hydroxyl groups excluding tert-OH is 14. The Bertz CT molecular complexity index is 2440. The number of hydrogen-bond acceptors (Lipinski definition) is 27. The van der Waals surface area contributed by atoms with Gasteiger partial charge in [-0.1, -0.05) is 53.2 Å². The fourth-order valence-corrected chi connectivity index (χ4v) is 17.6. The van der Waals surface area contributed by atoms with Crippen LogP contribution in [0.3, 0.4) is 0 Å². The molecule has 14 N–H and O–H groups in total. The molecule has 10 rings (SSSR count). The minimum atomic E-state index is -1.92. The molecule has 0 aromatic rings. The first-order valence-corrected chi connectivity index (χ1v) is 31.2. The van der Waals surface area contributed by atoms with Crippen molar-refractivity contribution >= 4 is 11.9 Å². The van der Waals surface area contributed by atoms with Gasteiger partial charge in [-0.15, -0.1) is 0 Å². The fourth-order valence-electron chi connectivity index (χ4n) is 17.6. The smallest absolute Gasteiger partial charge is 0.315 e. The number of hydrogen-bond donors (Lipinski definition) is 14. The third kappa shape index (κ3) is 11.8. The number of rotatable bonds is 14. The highest BCUT2D eigenvalue weighted by Crippen LogP contribution is 2.76. The highest BCUT2D eigenvalue weighted by atomic mass is 16.8. The van der Waals surface area contributed by atoms with Gasteiger partial charge in [0.05, 0.1) is 37.4 Å². The van der Waals surface area contributed by atoms with Crippen molar-refractivity contribution in [3.63, 3.8) is 0 Å². The number of fused-ring (bicyclic) bond motifs is 7. The van der Waals surface area contributed by atoms with Gasteiger partial charge in [-0.25, -0.2) is 0 Å². The van der Waals surface area contributed by atoms with Crippen molar-refractivity contribution < 1.29 is 133 Å². The van der Waals surface area contributed by atoms with Crippen LogP contribution in [0.1, 0.15) is 120 Å². The van der Waals surface area contributed by atoms with Gasteiger partial charge in [0.25, 0.3) is 0 Å². The number of carbonyl (C=O) groups is 2. The van der Waals surface area contributed by atoms with Crippen LogP contribution >= 0.6 is 0 Å². The van der Waals surface area contributed by atoms with Crippen molar-refractivity contribution in [3.05, 3.63) is 11.6 Å². The largest absolute Gasteiger partial charge is 0.463 e. The average Bonchev–Trinajstić information content (AvgIpc) is 0.699. The van der Waals surface area contributed by atoms with Gasteiger partial charge in [0, 0.05) is 6.92 Å². The number of esters is 2. The molecule has 0 radical (unpaired) electrons. The van der Waals surface area contributed by atoms with Gasteiger partial charge in [-0.3, -0.25) is 9.59 Å². The molecule has 87 heavy (non-hydrogen) atoms. The summed E-state index contributed by atoms with van der Waals surface area (Å²) in [6, 6.07) is 0. The predicted molar refractivity (Wildman–Crippen MR) is 293 cm³/mol. The number of ether oxygens (including phenoxy) is 11. The van der Waals surface area contributed by atoms with Crippen LogP contribution in [0.15, 0.2) is 11.6 Å². The molecule has 5 aliphatic carbocycles. The third-order valence-corrected chi connectivity index (χ3v) is 23.1. The monoisotopic (exact) mass is 1250 g/mol. The highest BCUT2D eigenvalue weighted by molar-refractivity contribution is 5.79. The summed E-state index contributed by atoms with van der Waals surface area (Å²) in [6.45, 7) is 14.0. The van der Waals surface area contributed by atoms with E-state index in [0.717, 1.165) is 39.0 Å². The Kier molecular flexibility index (Phi) is 19.9. The molecule has 0 unspecified atom stereocenters. The minimum Gasteiger partial charge on any atom is -0.463 e. The lowest BCUT2D eigenvalue weighted by Gasteiger charge is -2.71. The van der Waals surface area contributed by atoms with Gasteiger partial charge < -0.3 is 124 Å². The van der Waals surface area contributed by atoms with Crippen LogP contribution in [0.4, 0.5) is 0 Å². The van der Waals surface area contributed by atoms with Gasteiger partial charge in [0.2, 0.25) is 6.29 Å².